The van der Waals surface area contributed by atoms with E-state index in [0.29, 0.717) is 24.2 Å². The van der Waals surface area contributed by atoms with Crippen molar-refractivity contribution < 1.29 is 23.8 Å². The third-order valence-electron chi connectivity index (χ3n) is 6.31. The molecule has 0 unspecified atom stereocenters. The third-order valence-corrected chi connectivity index (χ3v) is 6.31. The lowest BCUT2D eigenvalue weighted by Crippen LogP contribution is -2.23. The Morgan fingerprint density at radius 2 is 1.86 bits per heavy atom. The monoisotopic (exact) mass is 481 g/mol. The topological polar surface area (TPSA) is 145 Å². The van der Waals surface area contributed by atoms with Gasteiger partial charge in [-0.05, 0) is 61.6 Å². The Morgan fingerprint density at radius 3 is 2.49 bits per heavy atom. The number of aliphatic hydroxyl groups is 1. The van der Waals surface area contributed by atoms with Crippen LogP contribution in [0.3, 0.4) is 0 Å². The molecule has 2 amide bonds. The van der Waals surface area contributed by atoms with Crippen LogP contribution in [-0.4, -0.2) is 39.9 Å². The first kappa shape index (κ1) is 24.2. The average molecular weight is 482 g/mol. The Labute approximate surface area is 201 Å². The molecule has 10 heteroatoms. The van der Waals surface area contributed by atoms with Gasteiger partial charge in [-0.3, -0.25) is 9.59 Å². The average Bonchev–Trinajstić information content (AvgIpc) is 3.20. The molecule has 2 aromatic carbocycles. The lowest BCUT2D eigenvalue weighted by molar-refractivity contribution is 0.0946. The first-order chi connectivity index (χ1) is 16.8. The number of nitrogens with one attached hydrogen (secondary N) is 1. The molecule has 4 rings (SSSR count). The SMILES string of the molecule is COc1ccc(F)cc1C(=O)NCc1ccc(-n2nc(C3CCC(O)CC3)c(N)c2C(N)=O)cc1. The zero-order valence-corrected chi connectivity index (χ0v) is 19.3. The minimum absolute atomic E-state index is 0.0482. The maximum Gasteiger partial charge on any atom is 0.269 e. The summed E-state index contributed by atoms with van der Waals surface area (Å²) in [4.78, 5) is 24.7. The molecule has 9 nitrogen and oxygen atoms in total. The van der Waals surface area contributed by atoms with Gasteiger partial charge >= 0.3 is 0 Å². The van der Waals surface area contributed by atoms with Crippen molar-refractivity contribution in [3.05, 3.63) is 70.8 Å². The molecule has 6 N–H and O–H groups in total. The maximum atomic E-state index is 13.6. The fourth-order valence-electron chi connectivity index (χ4n) is 4.41. The molecule has 35 heavy (non-hydrogen) atoms. The quantitative estimate of drug-likeness (QED) is 0.408. The first-order valence-corrected chi connectivity index (χ1v) is 11.4. The van der Waals surface area contributed by atoms with Crippen molar-refractivity contribution in [2.75, 3.05) is 12.8 Å². The Bertz CT molecular complexity index is 1230. The van der Waals surface area contributed by atoms with Crippen LogP contribution in [0.1, 0.15) is 63.7 Å². The van der Waals surface area contributed by atoms with E-state index in [4.69, 9.17) is 16.2 Å². The Hall–Kier alpha value is -3.92. The number of benzene rings is 2. The van der Waals surface area contributed by atoms with Crippen LogP contribution < -0.4 is 21.5 Å². The summed E-state index contributed by atoms with van der Waals surface area (Å²) >= 11 is 0. The predicted molar refractivity (Wildman–Crippen MR) is 128 cm³/mol. The van der Waals surface area contributed by atoms with Crippen LogP contribution >= 0.6 is 0 Å². The molecule has 0 atom stereocenters. The van der Waals surface area contributed by atoms with Gasteiger partial charge in [-0.25, -0.2) is 9.07 Å². The molecule has 0 bridgehead atoms. The lowest BCUT2D eigenvalue weighted by Gasteiger charge is -2.24. The molecule has 1 aliphatic rings. The van der Waals surface area contributed by atoms with Crippen molar-refractivity contribution in [2.45, 2.75) is 44.2 Å². The molecule has 1 fully saturated rings. The minimum Gasteiger partial charge on any atom is -0.496 e. The molecule has 1 saturated carbocycles. The second kappa shape index (κ2) is 10.1. The predicted octanol–water partition coefficient (Wildman–Crippen LogP) is 2.65. The number of anilines is 1. The van der Waals surface area contributed by atoms with Crippen molar-refractivity contribution in [3.8, 4) is 11.4 Å². The summed E-state index contributed by atoms with van der Waals surface area (Å²) in [7, 11) is 1.41. The number of nitrogens with two attached hydrogens (primary N) is 2. The van der Waals surface area contributed by atoms with Crippen LogP contribution in [-0.2, 0) is 6.54 Å². The number of halogens is 1. The second-order valence-corrected chi connectivity index (χ2v) is 8.62. The number of methoxy groups -OCH3 is 1. The summed E-state index contributed by atoms with van der Waals surface area (Å²) in [6, 6.07) is 10.8. The lowest BCUT2D eigenvalue weighted by atomic mass is 9.85. The molecule has 0 aliphatic heterocycles. The molecule has 3 aromatic rings. The Balaban J connectivity index is 1.52. The van der Waals surface area contributed by atoms with Crippen LogP contribution in [0.5, 0.6) is 5.75 Å². The number of amides is 2. The van der Waals surface area contributed by atoms with Crippen LogP contribution in [0, 0.1) is 5.82 Å². The number of hydrogen-bond acceptors (Lipinski definition) is 6. The molecule has 184 valence electrons. The molecule has 1 aromatic heterocycles. The van der Waals surface area contributed by atoms with Crippen LogP contribution in [0.25, 0.3) is 5.69 Å². The number of nitrogen functional groups attached to an aromatic ring is 1. The van der Waals surface area contributed by atoms with E-state index in [1.807, 2.05) is 0 Å². The fraction of sp³-hybridized carbons (Fsp3) is 0.320. The van der Waals surface area contributed by atoms with Crippen LogP contribution in [0.2, 0.25) is 0 Å². The number of rotatable bonds is 7. The zero-order valence-electron chi connectivity index (χ0n) is 19.3. The second-order valence-electron chi connectivity index (χ2n) is 8.62. The number of ether oxygens (including phenoxy) is 1. The normalized spacial score (nSPS) is 17.7. The molecule has 0 radical (unpaired) electrons. The number of carbonyl (C=O) groups excluding carboxylic acids is 2. The van der Waals surface area contributed by atoms with Crippen molar-refractivity contribution in [3.63, 3.8) is 0 Å². The fourth-order valence-corrected chi connectivity index (χ4v) is 4.41. The van der Waals surface area contributed by atoms with Gasteiger partial charge < -0.3 is 26.6 Å². The maximum absolute atomic E-state index is 13.6. The molecule has 0 spiro atoms. The van der Waals surface area contributed by atoms with Crippen molar-refractivity contribution in [1.82, 2.24) is 15.1 Å². The van der Waals surface area contributed by atoms with Gasteiger partial charge in [-0.15, -0.1) is 0 Å². The van der Waals surface area contributed by atoms with Crippen molar-refractivity contribution >= 4 is 17.5 Å². The number of carbonyl (C=O) groups is 2. The smallest absolute Gasteiger partial charge is 0.269 e. The highest BCUT2D eigenvalue weighted by molar-refractivity contribution is 5.98. The van der Waals surface area contributed by atoms with E-state index < -0.39 is 17.6 Å². The summed E-state index contributed by atoms with van der Waals surface area (Å²) in [5.74, 6) is -1.36. The molecular formula is C25H28FN5O4. The summed E-state index contributed by atoms with van der Waals surface area (Å²) < 4.78 is 20.1. The van der Waals surface area contributed by atoms with E-state index >= 15 is 0 Å². The van der Waals surface area contributed by atoms with Gasteiger partial charge in [0, 0.05) is 12.5 Å². The van der Waals surface area contributed by atoms with E-state index in [0.717, 1.165) is 24.5 Å². The summed E-state index contributed by atoms with van der Waals surface area (Å²) in [5.41, 5.74) is 14.4. The summed E-state index contributed by atoms with van der Waals surface area (Å²) in [6.07, 6.45) is 2.46. The highest BCUT2D eigenvalue weighted by Gasteiger charge is 2.29. The summed E-state index contributed by atoms with van der Waals surface area (Å²) in [5, 5.41) is 17.2. The number of aliphatic hydroxyl groups excluding tert-OH is 1. The molecule has 1 aliphatic carbocycles. The summed E-state index contributed by atoms with van der Waals surface area (Å²) in [6.45, 7) is 0.193. The standard InChI is InChI=1S/C25H28FN5O4/c1-35-20-11-6-16(26)12-19(20)25(34)29-13-14-2-7-17(8-3-14)31-23(24(28)33)21(27)22(30-31)15-4-9-18(32)10-5-15/h2-3,6-8,11-12,15,18,32H,4-5,9-10,13,27H2,1H3,(H2,28,33)(H,29,34). The number of hydrogen-bond donors (Lipinski definition) is 4. The van der Waals surface area contributed by atoms with E-state index in [2.05, 4.69) is 10.4 Å². The van der Waals surface area contributed by atoms with Gasteiger partial charge in [-0.2, -0.15) is 5.10 Å². The largest absolute Gasteiger partial charge is 0.496 e. The van der Waals surface area contributed by atoms with Gasteiger partial charge in [0.1, 0.15) is 11.6 Å². The number of primary amides is 1. The van der Waals surface area contributed by atoms with Crippen LogP contribution in [0.15, 0.2) is 42.5 Å². The Kier molecular flexibility index (Phi) is 7.02. The van der Waals surface area contributed by atoms with Gasteiger partial charge in [0.25, 0.3) is 11.8 Å². The highest BCUT2D eigenvalue weighted by atomic mass is 19.1. The highest BCUT2D eigenvalue weighted by Crippen LogP contribution is 2.36. The molecular weight excluding hydrogens is 453 g/mol. The third kappa shape index (κ3) is 5.12. The van der Waals surface area contributed by atoms with E-state index in [-0.39, 0.29) is 41.3 Å². The minimum atomic E-state index is -0.683. The first-order valence-electron chi connectivity index (χ1n) is 11.4. The molecule has 1 heterocycles. The van der Waals surface area contributed by atoms with E-state index in [1.165, 1.54) is 23.9 Å². The van der Waals surface area contributed by atoms with E-state index in [1.54, 1.807) is 24.3 Å². The number of aromatic nitrogens is 2. The zero-order chi connectivity index (χ0) is 25.1. The van der Waals surface area contributed by atoms with E-state index in [9.17, 15) is 19.1 Å². The van der Waals surface area contributed by atoms with Gasteiger partial charge in [0.15, 0.2) is 5.69 Å². The number of nitrogens with zero attached hydrogens (tertiary/aromatic N) is 2. The van der Waals surface area contributed by atoms with Gasteiger partial charge in [0.05, 0.1) is 35.8 Å². The van der Waals surface area contributed by atoms with Crippen molar-refractivity contribution in [2.24, 2.45) is 5.73 Å². The molecule has 0 saturated heterocycles. The van der Waals surface area contributed by atoms with Gasteiger partial charge in [-0.1, -0.05) is 12.1 Å². The van der Waals surface area contributed by atoms with Crippen LogP contribution in [0.4, 0.5) is 10.1 Å². The van der Waals surface area contributed by atoms with Crippen molar-refractivity contribution in [1.29, 1.82) is 0 Å². The van der Waals surface area contributed by atoms with Gasteiger partial charge in [0.2, 0.25) is 0 Å². The Morgan fingerprint density at radius 1 is 1.17 bits per heavy atom.